The zero-order chi connectivity index (χ0) is 13.5. The van der Waals surface area contributed by atoms with Gasteiger partial charge in [0.05, 0.1) is 6.61 Å². The maximum Gasteiger partial charge on any atom is 0.0933 e. The van der Waals surface area contributed by atoms with Crippen LogP contribution in [-0.2, 0) is 11.4 Å². The van der Waals surface area contributed by atoms with Crippen molar-refractivity contribution in [2.45, 2.75) is 58.6 Å². The summed E-state index contributed by atoms with van der Waals surface area (Å²) in [7, 11) is 0. The summed E-state index contributed by atoms with van der Waals surface area (Å²) in [5.41, 5.74) is 4.50. The molecule has 0 bridgehead atoms. The Balaban J connectivity index is 1.68. The number of rotatable bonds is 6. The van der Waals surface area contributed by atoms with Crippen LogP contribution in [0.15, 0.2) is 30.3 Å². The average Bonchev–Trinajstić information content (AvgIpc) is 2.40. The lowest BCUT2D eigenvalue weighted by molar-refractivity contribution is -0.0110. The molecule has 1 aromatic rings. The molecule has 1 aliphatic carbocycles. The molecular weight excluding hydrogens is 234 g/mol. The van der Waals surface area contributed by atoms with Crippen LogP contribution in [0.2, 0.25) is 0 Å². The van der Waals surface area contributed by atoms with Gasteiger partial charge in [0.15, 0.2) is 0 Å². The molecule has 2 unspecified atom stereocenters. The minimum atomic E-state index is 0.543. The fraction of sp³-hybridized carbons (Fsp3) is 0.647. The highest BCUT2D eigenvalue weighted by Gasteiger charge is 2.22. The average molecular weight is 261 g/mol. The fourth-order valence-electron chi connectivity index (χ4n) is 3.10. The largest absolute Gasteiger partial charge is 0.297 e. The predicted octanol–water partition coefficient (Wildman–Crippen LogP) is 4.31. The zero-order valence-electron chi connectivity index (χ0n) is 12.3. The van der Waals surface area contributed by atoms with Crippen LogP contribution in [0, 0.1) is 11.8 Å². The molecule has 0 amide bonds. The van der Waals surface area contributed by atoms with Crippen molar-refractivity contribution in [3.8, 4) is 0 Å². The van der Waals surface area contributed by atoms with Gasteiger partial charge in [-0.15, -0.1) is 0 Å². The van der Waals surface area contributed by atoms with Crippen LogP contribution in [0.25, 0.3) is 0 Å². The summed E-state index contributed by atoms with van der Waals surface area (Å²) in [6.45, 7) is 5.30. The van der Waals surface area contributed by atoms with E-state index in [9.17, 15) is 0 Å². The van der Waals surface area contributed by atoms with Crippen LogP contribution in [-0.4, -0.2) is 6.04 Å². The molecule has 1 N–H and O–H groups in total. The lowest BCUT2D eigenvalue weighted by Crippen LogP contribution is -2.34. The van der Waals surface area contributed by atoms with Gasteiger partial charge < -0.3 is 0 Å². The van der Waals surface area contributed by atoms with E-state index in [0.717, 1.165) is 11.8 Å². The maximum absolute atomic E-state index is 5.66. The summed E-state index contributed by atoms with van der Waals surface area (Å²) in [6, 6.07) is 10.9. The highest BCUT2D eigenvalue weighted by Crippen LogP contribution is 2.29. The molecule has 2 rings (SSSR count). The lowest BCUT2D eigenvalue weighted by Gasteiger charge is -2.30. The van der Waals surface area contributed by atoms with Crippen LogP contribution in [0.5, 0.6) is 0 Å². The van der Waals surface area contributed by atoms with E-state index in [0.29, 0.717) is 12.6 Å². The molecule has 106 valence electrons. The number of nitrogens with one attached hydrogen (secondary N) is 1. The highest BCUT2D eigenvalue weighted by atomic mass is 16.6. The number of hydrogen-bond donors (Lipinski definition) is 1. The second-order valence-electron chi connectivity index (χ2n) is 6.25. The van der Waals surface area contributed by atoms with Gasteiger partial charge >= 0.3 is 0 Å². The van der Waals surface area contributed by atoms with Gasteiger partial charge in [-0.1, -0.05) is 57.0 Å². The summed E-state index contributed by atoms with van der Waals surface area (Å²) >= 11 is 0. The first-order chi connectivity index (χ1) is 9.24. The third-order valence-electron chi connectivity index (χ3n) is 3.92. The Labute approximate surface area is 117 Å². The molecule has 0 saturated heterocycles. The van der Waals surface area contributed by atoms with Gasteiger partial charge in [0.1, 0.15) is 0 Å². The maximum atomic E-state index is 5.66. The molecule has 0 aliphatic heterocycles. The van der Waals surface area contributed by atoms with Crippen molar-refractivity contribution in [2.24, 2.45) is 11.8 Å². The molecule has 2 heteroatoms. The zero-order valence-corrected chi connectivity index (χ0v) is 12.3. The molecule has 1 aromatic carbocycles. The molecule has 2 atom stereocenters. The van der Waals surface area contributed by atoms with Crippen LogP contribution >= 0.6 is 0 Å². The molecule has 1 aliphatic rings. The topological polar surface area (TPSA) is 21.3 Å². The Bertz CT molecular complexity index is 350. The van der Waals surface area contributed by atoms with E-state index in [2.05, 4.69) is 43.6 Å². The van der Waals surface area contributed by atoms with Crippen LogP contribution in [0.4, 0.5) is 0 Å². The minimum Gasteiger partial charge on any atom is -0.297 e. The van der Waals surface area contributed by atoms with E-state index < -0.39 is 0 Å². The Morgan fingerprint density at radius 3 is 2.74 bits per heavy atom. The molecule has 1 fully saturated rings. The van der Waals surface area contributed by atoms with Crippen molar-refractivity contribution in [3.05, 3.63) is 35.9 Å². The molecule has 0 aromatic heterocycles. The van der Waals surface area contributed by atoms with Crippen molar-refractivity contribution in [1.29, 1.82) is 0 Å². The van der Waals surface area contributed by atoms with Crippen molar-refractivity contribution < 1.29 is 4.84 Å². The van der Waals surface area contributed by atoms with Gasteiger partial charge in [-0.05, 0) is 36.7 Å². The van der Waals surface area contributed by atoms with Gasteiger partial charge in [-0.2, -0.15) is 5.48 Å². The van der Waals surface area contributed by atoms with E-state index >= 15 is 0 Å². The first-order valence-electron chi connectivity index (χ1n) is 7.65. The molecule has 0 spiro atoms. The van der Waals surface area contributed by atoms with Gasteiger partial charge in [0, 0.05) is 6.04 Å². The second kappa shape index (κ2) is 7.66. The van der Waals surface area contributed by atoms with E-state index in [1.165, 1.54) is 37.7 Å². The summed E-state index contributed by atoms with van der Waals surface area (Å²) in [6.07, 6.45) is 6.62. The van der Waals surface area contributed by atoms with E-state index in [1.54, 1.807) is 0 Å². The van der Waals surface area contributed by atoms with Gasteiger partial charge in [-0.25, -0.2) is 0 Å². The first kappa shape index (κ1) is 14.5. The van der Waals surface area contributed by atoms with Crippen LogP contribution in [0.3, 0.4) is 0 Å². The molecular formula is C17H27NO. The van der Waals surface area contributed by atoms with Crippen LogP contribution < -0.4 is 5.48 Å². The lowest BCUT2D eigenvalue weighted by atomic mass is 9.81. The van der Waals surface area contributed by atoms with Gasteiger partial charge in [0.25, 0.3) is 0 Å². The number of hydroxylamine groups is 1. The first-order valence-corrected chi connectivity index (χ1v) is 7.65. The third-order valence-corrected chi connectivity index (χ3v) is 3.92. The number of hydrogen-bond acceptors (Lipinski definition) is 2. The normalized spacial score (nSPS) is 23.7. The summed E-state index contributed by atoms with van der Waals surface area (Å²) in [5.74, 6) is 1.69. The molecule has 2 nitrogen and oxygen atoms in total. The second-order valence-corrected chi connectivity index (χ2v) is 6.25. The Hall–Kier alpha value is -0.860. The summed E-state index contributed by atoms with van der Waals surface area (Å²) in [4.78, 5) is 5.66. The molecule has 0 radical (unpaired) electrons. The number of benzene rings is 1. The van der Waals surface area contributed by atoms with E-state index in [1.807, 2.05) is 6.07 Å². The van der Waals surface area contributed by atoms with Gasteiger partial charge in [0.2, 0.25) is 0 Å². The van der Waals surface area contributed by atoms with Gasteiger partial charge in [-0.3, -0.25) is 4.84 Å². The SMILES string of the molecule is CC(C)CC1CCCC(NOCc2ccccc2)C1. The summed E-state index contributed by atoms with van der Waals surface area (Å²) < 4.78 is 0. The van der Waals surface area contributed by atoms with Crippen LogP contribution in [0.1, 0.15) is 51.5 Å². The Morgan fingerprint density at radius 2 is 2.00 bits per heavy atom. The van der Waals surface area contributed by atoms with Crippen molar-refractivity contribution >= 4 is 0 Å². The quantitative estimate of drug-likeness (QED) is 0.770. The highest BCUT2D eigenvalue weighted by molar-refractivity contribution is 5.13. The molecule has 19 heavy (non-hydrogen) atoms. The minimum absolute atomic E-state index is 0.543. The molecule has 1 saturated carbocycles. The Morgan fingerprint density at radius 1 is 1.21 bits per heavy atom. The van der Waals surface area contributed by atoms with Crippen molar-refractivity contribution in [1.82, 2.24) is 5.48 Å². The van der Waals surface area contributed by atoms with Crippen molar-refractivity contribution in [3.63, 3.8) is 0 Å². The fourth-order valence-corrected chi connectivity index (χ4v) is 3.10. The van der Waals surface area contributed by atoms with E-state index in [-0.39, 0.29) is 0 Å². The predicted molar refractivity (Wildman–Crippen MR) is 79.6 cm³/mol. The van der Waals surface area contributed by atoms with E-state index in [4.69, 9.17) is 4.84 Å². The molecule has 0 heterocycles. The third kappa shape index (κ3) is 5.33. The Kier molecular flexibility index (Phi) is 5.87. The monoisotopic (exact) mass is 261 g/mol. The summed E-state index contributed by atoms with van der Waals surface area (Å²) in [5, 5.41) is 0. The smallest absolute Gasteiger partial charge is 0.0933 e. The standard InChI is InChI=1S/C17H27NO/c1-14(2)11-16-9-6-10-17(12-16)18-19-13-15-7-4-3-5-8-15/h3-5,7-8,14,16-18H,6,9-13H2,1-2H3. The van der Waals surface area contributed by atoms with Crippen molar-refractivity contribution in [2.75, 3.05) is 0 Å².